The van der Waals surface area contributed by atoms with E-state index in [0.717, 1.165) is 55.2 Å². The van der Waals surface area contributed by atoms with Crippen molar-refractivity contribution in [3.63, 3.8) is 0 Å². The number of phenols is 1. The lowest BCUT2D eigenvalue weighted by Crippen LogP contribution is -2.46. The second kappa shape index (κ2) is 9.91. The SMILES string of the molecule is CCc1cc(CCC2(C3CCCC3)CC(O)=C(Cc3nc4ncccn4n3)C(=O)O2)cc(CC)c1O. The number of aromatic hydroxyl groups is 1. The van der Waals surface area contributed by atoms with Crippen LogP contribution in [0.5, 0.6) is 5.75 Å². The summed E-state index contributed by atoms with van der Waals surface area (Å²) in [6, 6.07) is 5.88. The maximum atomic E-state index is 13.3. The van der Waals surface area contributed by atoms with E-state index in [1.165, 1.54) is 0 Å². The van der Waals surface area contributed by atoms with Crippen LogP contribution in [0, 0.1) is 5.92 Å². The monoisotopic (exact) mass is 490 g/mol. The first kappa shape index (κ1) is 24.3. The van der Waals surface area contributed by atoms with Gasteiger partial charge in [0.2, 0.25) is 0 Å². The number of ether oxygens (including phenoxy) is 1. The van der Waals surface area contributed by atoms with E-state index in [-0.39, 0.29) is 23.7 Å². The Bertz CT molecular complexity index is 1250. The Morgan fingerprint density at radius 2 is 1.86 bits per heavy atom. The van der Waals surface area contributed by atoms with Crippen molar-refractivity contribution in [1.82, 2.24) is 19.6 Å². The van der Waals surface area contributed by atoms with Crippen molar-refractivity contribution in [2.45, 2.75) is 83.7 Å². The van der Waals surface area contributed by atoms with Gasteiger partial charge in [-0.3, -0.25) is 0 Å². The zero-order valence-electron chi connectivity index (χ0n) is 21.0. The number of hydrogen-bond acceptors (Lipinski definition) is 7. The van der Waals surface area contributed by atoms with E-state index in [1.807, 2.05) is 13.8 Å². The number of fused-ring (bicyclic) bond motifs is 1. The molecule has 2 N–H and O–H groups in total. The van der Waals surface area contributed by atoms with E-state index in [1.54, 1.807) is 23.0 Å². The van der Waals surface area contributed by atoms with E-state index in [2.05, 4.69) is 27.2 Å². The summed E-state index contributed by atoms with van der Waals surface area (Å²) in [7, 11) is 0. The maximum Gasteiger partial charge on any atom is 0.338 e. The number of phenolic OH excluding ortho intramolecular Hbond substituents is 1. The molecule has 8 heteroatoms. The molecule has 2 aliphatic rings. The molecule has 0 spiro atoms. The van der Waals surface area contributed by atoms with Gasteiger partial charge in [0.05, 0.1) is 5.57 Å². The largest absolute Gasteiger partial charge is 0.512 e. The molecule has 0 saturated heterocycles. The Balaban J connectivity index is 1.41. The van der Waals surface area contributed by atoms with Crippen LogP contribution in [0.3, 0.4) is 0 Å². The first-order valence-corrected chi connectivity index (χ1v) is 13.1. The molecular formula is C28H34N4O4. The van der Waals surface area contributed by atoms with Gasteiger partial charge in [-0.1, -0.05) is 38.8 Å². The Labute approximate surface area is 211 Å². The molecule has 1 saturated carbocycles. The molecule has 1 unspecified atom stereocenters. The number of aliphatic hydroxyl groups is 1. The second-order valence-corrected chi connectivity index (χ2v) is 10.1. The fourth-order valence-electron chi connectivity index (χ4n) is 5.87. The zero-order chi connectivity index (χ0) is 25.3. The molecule has 36 heavy (non-hydrogen) atoms. The molecule has 3 heterocycles. The number of hydrogen-bond donors (Lipinski definition) is 2. The fourth-order valence-corrected chi connectivity index (χ4v) is 5.87. The lowest BCUT2D eigenvalue weighted by Gasteiger charge is -2.42. The van der Waals surface area contributed by atoms with Crippen LogP contribution in [0.4, 0.5) is 0 Å². The normalized spacial score (nSPS) is 20.9. The van der Waals surface area contributed by atoms with E-state index >= 15 is 0 Å². The smallest absolute Gasteiger partial charge is 0.338 e. The number of rotatable bonds is 8. The highest BCUT2D eigenvalue weighted by Crippen LogP contribution is 2.46. The van der Waals surface area contributed by atoms with E-state index < -0.39 is 11.6 Å². The van der Waals surface area contributed by atoms with Crippen LogP contribution in [-0.2, 0) is 35.2 Å². The molecule has 1 aliphatic heterocycles. The number of cyclic esters (lactones) is 1. The summed E-state index contributed by atoms with van der Waals surface area (Å²) in [5.41, 5.74) is 2.51. The molecule has 0 radical (unpaired) electrons. The number of carbonyl (C=O) groups excluding carboxylic acids is 1. The molecule has 5 rings (SSSR count). The third kappa shape index (κ3) is 4.56. The van der Waals surface area contributed by atoms with Crippen LogP contribution < -0.4 is 0 Å². The first-order valence-electron chi connectivity index (χ1n) is 13.1. The number of aryl methyl sites for hydroxylation is 3. The molecule has 1 atom stereocenters. The average molecular weight is 491 g/mol. The van der Waals surface area contributed by atoms with Crippen LogP contribution in [0.15, 0.2) is 41.9 Å². The molecular weight excluding hydrogens is 456 g/mol. The minimum Gasteiger partial charge on any atom is -0.512 e. The van der Waals surface area contributed by atoms with Crippen molar-refractivity contribution in [1.29, 1.82) is 0 Å². The molecule has 1 aliphatic carbocycles. The Kier molecular flexibility index (Phi) is 6.69. The summed E-state index contributed by atoms with van der Waals surface area (Å²) in [6.45, 7) is 4.08. The van der Waals surface area contributed by atoms with Crippen molar-refractivity contribution in [3.8, 4) is 5.75 Å². The van der Waals surface area contributed by atoms with Gasteiger partial charge in [0.15, 0.2) is 5.82 Å². The van der Waals surface area contributed by atoms with E-state index in [9.17, 15) is 15.0 Å². The third-order valence-corrected chi connectivity index (χ3v) is 7.88. The Morgan fingerprint density at radius 3 is 2.50 bits per heavy atom. The lowest BCUT2D eigenvalue weighted by molar-refractivity contribution is -0.167. The number of esters is 1. The van der Waals surface area contributed by atoms with Gasteiger partial charge >= 0.3 is 5.97 Å². The number of nitrogens with zero attached hydrogens (tertiary/aromatic N) is 4. The van der Waals surface area contributed by atoms with Crippen molar-refractivity contribution in [3.05, 3.63) is 64.4 Å². The van der Waals surface area contributed by atoms with Gasteiger partial charge in [-0.25, -0.2) is 14.3 Å². The van der Waals surface area contributed by atoms with Crippen LogP contribution >= 0.6 is 0 Å². The van der Waals surface area contributed by atoms with E-state index in [0.29, 0.717) is 36.6 Å². The van der Waals surface area contributed by atoms with Crippen molar-refractivity contribution >= 4 is 11.7 Å². The van der Waals surface area contributed by atoms with Crippen molar-refractivity contribution in [2.75, 3.05) is 0 Å². The number of aliphatic hydroxyl groups excluding tert-OH is 1. The zero-order valence-corrected chi connectivity index (χ0v) is 21.0. The lowest BCUT2D eigenvalue weighted by atomic mass is 9.76. The molecule has 0 amide bonds. The van der Waals surface area contributed by atoms with Crippen LogP contribution in [0.2, 0.25) is 0 Å². The summed E-state index contributed by atoms with van der Waals surface area (Å²) in [5, 5.41) is 26.0. The predicted molar refractivity (Wildman–Crippen MR) is 135 cm³/mol. The van der Waals surface area contributed by atoms with Crippen LogP contribution in [-0.4, -0.2) is 41.4 Å². The summed E-state index contributed by atoms with van der Waals surface area (Å²) in [6.07, 6.45) is 10.9. The van der Waals surface area contributed by atoms with E-state index in [4.69, 9.17) is 4.74 Å². The summed E-state index contributed by atoms with van der Waals surface area (Å²) in [5.74, 6) is 1.08. The number of benzene rings is 1. The molecule has 0 bridgehead atoms. The Hall–Kier alpha value is -3.42. The van der Waals surface area contributed by atoms with Crippen molar-refractivity contribution in [2.24, 2.45) is 5.92 Å². The second-order valence-electron chi connectivity index (χ2n) is 10.1. The average Bonchev–Trinajstić information content (AvgIpc) is 3.56. The number of aromatic nitrogens is 4. The standard InChI is InChI=1S/C28H34N4O4/c1-3-19-14-18(15-20(4-2)25(19)34)10-11-28(21-8-5-6-9-21)17-23(33)22(26(35)36-28)16-24-30-27-29-12-7-13-32(27)31-24/h7,12-15,21,33-34H,3-6,8-11,16-17H2,1-2H3. The molecule has 3 aromatic rings. The molecule has 1 aromatic carbocycles. The van der Waals surface area contributed by atoms with Gasteiger partial charge in [0, 0.05) is 25.2 Å². The van der Waals surface area contributed by atoms with Crippen LogP contribution in [0.25, 0.3) is 5.78 Å². The van der Waals surface area contributed by atoms with Gasteiger partial charge < -0.3 is 14.9 Å². The summed E-state index contributed by atoms with van der Waals surface area (Å²) in [4.78, 5) is 21.8. The molecule has 8 nitrogen and oxygen atoms in total. The summed E-state index contributed by atoms with van der Waals surface area (Å²) < 4.78 is 7.81. The minimum absolute atomic E-state index is 0.0826. The molecule has 2 aromatic heterocycles. The first-order chi connectivity index (χ1) is 17.4. The molecule has 190 valence electrons. The predicted octanol–water partition coefficient (Wildman–Crippen LogP) is 4.82. The highest BCUT2D eigenvalue weighted by molar-refractivity contribution is 5.90. The topological polar surface area (TPSA) is 110 Å². The van der Waals surface area contributed by atoms with Crippen molar-refractivity contribution < 1.29 is 19.7 Å². The number of carbonyl (C=O) groups is 1. The minimum atomic E-state index is -0.730. The quantitative estimate of drug-likeness (QED) is 0.436. The third-order valence-electron chi connectivity index (χ3n) is 7.88. The van der Waals surface area contributed by atoms with Gasteiger partial charge in [-0.15, -0.1) is 5.10 Å². The van der Waals surface area contributed by atoms with Crippen LogP contribution in [0.1, 0.15) is 74.9 Å². The fraction of sp³-hybridized carbons (Fsp3) is 0.500. The van der Waals surface area contributed by atoms with Gasteiger partial charge in [-0.05, 0) is 67.2 Å². The summed E-state index contributed by atoms with van der Waals surface area (Å²) >= 11 is 0. The van der Waals surface area contributed by atoms with Gasteiger partial charge in [0.1, 0.15) is 17.1 Å². The van der Waals surface area contributed by atoms with Gasteiger partial charge in [-0.2, -0.15) is 4.98 Å². The maximum absolute atomic E-state index is 13.3. The molecule has 1 fully saturated rings. The van der Waals surface area contributed by atoms with Gasteiger partial charge in [0.25, 0.3) is 5.78 Å². The Morgan fingerprint density at radius 1 is 1.14 bits per heavy atom. The highest BCUT2D eigenvalue weighted by Gasteiger charge is 2.48. The highest BCUT2D eigenvalue weighted by atomic mass is 16.6.